The van der Waals surface area contributed by atoms with Crippen LogP contribution in [0.25, 0.3) is 0 Å². The fourth-order valence-corrected chi connectivity index (χ4v) is 2.49. The molecule has 114 valence electrons. The van der Waals surface area contributed by atoms with Gasteiger partial charge in [0, 0.05) is 18.3 Å². The van der Waals surface area contributed by atoms with Crippen LogP contribution in [0.15, 0.2) is 36.7 Å². The van der Waals surface area contributed by atoms with Crippen LogP contribution in [0.4, 0.5) is 0 Å². The molecular weight excluding hydrogens is 258 g/mol. The van der Waals surface area contributed by atoms with Gasteiger partial charge in [-0.3, -0.25) is 4.68 Å². The van der Waals surface area contributed by atoms with Crippen molar-refractivity contribution in [1.29, 1.82) is 0 Å². The average molecular weight is 285 g/mol. The molecule has 0 fully saturated rings. The zero-order valence-electron chi connectivity index (χ0n) is 13.6. The Bertz CT molecular complexity index is 540. The molecule has 0 radical (unpaired) electrons. The first-order chi connectivity index (χ1) is 10.2. The van der Waals surface area contributed by atoms with E-state index >= 15 is 0 Å². The molecule has 0 aliphatic carbocycles. The fourth-order valence-electron chi connectivity index (χ4n) is 2.49. The van der Waals surface area contributed by atoms with E-state index in [-0.39, 0.29) is 6.04 Å². The van der Waals surface area contributed by atoms with Crippen LogP contribution in [-0.2, 0) is 6.54 Å². The molecule has 0 saturated heterocycles. The molecule has 21 heavy (non-hydrogen) atoms. The summed E-state index contributed by atoms with van der Waals surface area (Å²) in [6.45, 7) is 10.7. The summed E-state index contributed by atoms with van der Waals surface area (Å²) in [5.74, 6) is 0.573. The summed E-state index contributed by atoms with van der Waals surface area (Å²) in [6.07, 6.45) is 5.25. The predicted molar refractivity (Wildman–Crippen MR) is 88.6 cm³/mol. The summed E-state index contributed by atoms with van der Waals surface area (Å²) in [6, 6.07) is 9.19. The van der Waals surface area contributed by atoms with E-state index in [9.17, 15) is 0 Å². The number of nitrogens with one attached hydrogen (secondary N) is 1. The lowest BCUT2D eigenvalue weighted by molar-refractivity contribution is 0.596. The highest BCUT2D eigenvalue weighted by Crippen LogP contribution is 2.24. The van der Waals surface area contributed by atoms with Crippen molar-refractivity contribution in [1.82, 2.24) is 15.1 Å². The molecule has 0 aliphatic heterocycles. The van der Waals surface area contributed by atoms with Gasteiger partial charge in [-0.25, -0.2) is 0 Å². The van der Waals surface area contributed by atoms with Crippen LogP contribution < -0.4 is 5.32 Å². The molecule has 0 saturated carbocycles. The summed E-state index contributed by atoms with van der Waals surface area (Å²) in [5, 5.41) is 8.05. The zero-order valence-corrected chi connectivity index (χ0v) is 13.6. The standard InChI is InChI=1S/C18H27N3/c1-5-11-19-18(17-12-20-21(6-2)13-17)16-9-7-15(8-10-16)14(3)4/h7-10,12-14,18-19H,5-6,11H2,1-4H3. The monoisotopic (exact) mass is 285 g/mol. The van der Waals surface area contributed by atoms with E-state index in [2.05, 4.69) is 68.6 Å². The Morgan fingerprint density at radius 2 is 1.71 bits per heavy atom. The highest BCUT2D eigenvalue weighted by molar-refractivity contribution is 5.32. The molecule has 1 aromatic heterocycles. The third-order valence-corrected chi connectivity index (χ3v) is 3.85. The van der Waals surface area contributed by atoms with Gasteiger partial charge in [0.25, 0.3) is 0 Å². The van der Waals surface area contributed by atoms with Crippen LogP contribution in [0.5, 0.6) is 0 Å². The first kappa shape index (κ1) is 15.8. The number of hydrogen-bond donors (Lipinski definition) is 1. The number of aromatic nitrogens is 2. The van der Waals surface area contributed by atoms with E-state index in [0.29, 0.717) is 5.92 Å². The lowest BCUT2D eigenvalue weighted by Crippen LogP contribution is -2.22. The van der Waals surface area contributed by atoms with Gasteiger partial charge in [-0.2, -0.15) is 5.10 Å². The molecule has 2 rings (SSSR count). The first-order valence-electron chi connectivity index (χ1n) is 8.01. The van der Waals surface area contributed by atoms with Gasteiger partial charge in [0.05, 0.1) is 12.2 Å². The summed E-state index contributed by atoms with van der Waals surface area (Å²) in [7, 11) is 0. The molecule has 0 aliphatic rings. The summed E-state index contributed by atoms with van der Waals surface area (Å²) in [4.78, 5) is 0. The third-order valence-electron chi connectivity index (χ3n) is 3.85. The van der Waals surface area contributed by atoms with Crippen molar-refractivity contribution in [3.8, 4) is 0 Å². The molecule has 3 nitrogen and oxygen atoms in total. The first-order valence-corrected chi connectivity index (χ1v) is 8.01. The maximum atomic E-state index is 4.41. The van der Waals surface area contributed by atoms with Gasteiger partial charge in [0.1, 0.15) is 0 Å². The Morgan fingerprint density at radius 3 is 2.24 bits per heavy atom. The molecular formula is C18H27N3. The van der Waals surface area contributed by atoms with Crippen LogP contribution in [0, 0.1) is 0 Å². The van der Waals surface area contributed by atoms with Crippen LogP contribution >= 0.6 is 0 Å². The highest BCUT2D eigenvalue weighted by Gasteiger charge is 2.15. The van der Waals surface area contributed by atoms with E-state index < -0.39 is 0 Å². The van der Waals surface area contributed by atoms with Gasteiger partial charge in [-0.05, 0) is 36.9 Å². The molecule has 1 unspecified atom stereocenters. The summed E-state index contributed by atoms with van der Waals surface area (Å²) < 4.78 is 1.98. The average Bonchev–Trinajstić information content (AvgIpc) is 2.97. The second-order valence-electron chi connectivity index (χ2n) is 5.84. The lowest BCUT2D eigenvalue weighted by atomic mass is 9.96. The summed E-state index contributed by atoms with van der Waals surface area (Å²) in [5.41, 5.74) is 3.93. The fraction of sp³-hybridized carbons (Fsp3) is 0.500. The van der Waals surface area contributed by atoms with E-state index in [1.54, 1.807) is 0 Å². The molecule has 2 aromatic rings. The Kier molecular flexibility index (Phi) is 5.57. The van der Waals surface area contributed by atoms with E-state index in [1.165, 1.54) is 16.7 Å². The van der Waals surface area contributed by atoms with Crippen molar-refractivity contribution in [2.24, 2.45) is 0 Å². The van der Waals surface area contributed by atoms with Gasteiger partial charge in [-0.1, -0.05) is 45.0 Å². The van der Waals surface area contributed by atoms with Crippen molar-refractivity contribution in [3.05, 3.63) is 53.3 Å². The smallest absolute Gasteiger partial charge is 0.0607 e. The maximum Gasteiger partial charge on any atom is 0.0607 e. The van der Waals surface area contributed by atoms with Gasteiger partial charge >= 0.3 is 0 Å². The minimum Gasteiger partial charge on any atom is -0.306 e. The van der Waals surface area contributed by atoms with Crippen LogP contribution in [0.3, 0.4) is 0 Å². The van der Waals surface area contributed by atoms with Crippen molar-refractivity contribution >= 4 is 0 Å². The Hall–Kier alpha value is -1.61. The van der Waals surface area contributed by atoms with Crippen molar-refractivity contribution in [2.45, 2.75) is 52.6 Å². The highest BCUT2D eigenvalue weighted by atomic mass is 15.3. The van der Waals surface area contributed by atoms with Gasteiger partial charge in [0.15, 0.2) is 0 Å². The quantitative estimate of drug-likeness (QED) is 0.829. The second kappa shape index (κ2) is 7.41. The number of aryl methyl sites for hydroxylation is 1. The van der Waals surface area contributed by atoms with E-state index in [0.717, 1.165) is 19.5 Å². The number of hydrogen-bond acceptors (Lipinski definition) is 2. The van der Waals surface area contributed by atoms with Crippen LogP contribution in [0.1, 0.15) is 62.8 Å². The topological polar surface area (TPSA) is 29.9 Å². The van der Waals surface area contributed by atoms with Crippen LogP contribution in [0.2, 0.25) is 0 Å². The molecule has 1 aromatic carbocycles. The molecule has 0 spiro atoms. The molecule has 1 heterocycles. The number of benzene rings is 1. The van der Waals surface area contributed by atoms with Gasteiger partial charge in [0.2, 0.25) is 0 Å². The number of nitrogens with zero attached hydrogens (tertiary/aromatic N) is 2. The van der Waals surface area contributed by atoms with Crippen molar-refractivity contribution in [3.63, 3.8) is 0 Å². The van der Waals surface area contributed by atoms with Crippen LogP contribution in [-0.4, -0.2) is 16.3 Å². The largest absolute Gasteiger partial charge is 0.306 e. The lowest BCUT2D eigenvalue weighted by Gasteiger charge is -2.18. The minimum absolute atomic E-state index is 0.228. The predicted octanol–water partition coefficient (Wildman–Crippen LogP) is 4.12. The molecule has 3 heteroatoms. The van der Waals surface area contributed by atoms with E-state index in [4.69, 9.17) is 0 Å². The van der Waals surface area contributed by atoms with Crippen molar-refractivity contribution < 1.29 is 0 Å². The SMILES string of the molecule is CCCNC(c1ccc(C(C)C)cc1)c1cnn(CC)c1. The minimum atomic E-state index is 0.228. The van der Waals surface area contributed by atoms with Gasteiger partial charge in [-0.15, -0.1) is 0 Å². The summed E-state index contributed by atoms with van der Waals surface area (Å²) >= 11 is 0. The molecule has 1 atom stereocenters. The number of rotatable bonds is 7. The Balaban J connectivity index is 2.26. The normalized spacial score (nSPS) is 12.8. The molecule has 0 amide bonds. The second-order valence-corrected chi connectivity index (χ2v) is 5.84. The van der Waals surface area contributed by atoms with E-state index in [1.807, 2.05) is 10.9 Å². The third kappa shape index (κ3) is 3.94. The van der Waals surface area contributed by atoms with Gasteiger partial charge < -0.3 is 5.32 Å². The maximum absolute atomic E-state index is 4.41. The van der Waals surface area contributed by atoms with Crippen molar-refractivity contribution in [2.75, 3.05) is 6.54 Å². The Morgan fingerprint density at radius 1 is 1.05 bits per heavy atom. The molecule has 0 bridgehead atoms. The Labute approximate surface area is 128 Å². The molecule has 1 N–H and O–H groups in total. The zero-order chi connectivity index (χ0) is 15.2.